The zero-order chi connectivity index (χ0) is 15.4. The van der Waals surface area contributed by atoms with Crippen LogP contribution in [0, 0.1) is 13.8 Å². The first-order chi connectivity index (χ1) is 9.97. The molecule has 0 saturated carbocycles. The van der Waals surface area contributed by atoms with Gasteiger partial charge < -0.3 is 4.74 Å². The number of rotatable bonds is 5. The van der Waals surface area contributed by atoms with Crippen molar-refractivity contribution in [2.45, 2.75) is 20.8 Å². The Hall–Kier alpha value is -2.42. The Morgan fingerprint density at radius 1 is 1.00 bits per heavy atom. The lowest BCUT2D eigenvalue weighted by molar-refractivity contribution is 0.0919. The molecule has 0 fully saturated rings. The molecule has 3 heteroatoms. The van der Waals surface area contributed by atoms with Crippen molar-refractivity contribution in [3.05, 3.63) is 64.7 Å². The molecule has 2 aromatic carbocycles. The van der Waals surface area contributed by atoms with Crippen molar-refractivity contribution >= 4 is 11.6 Å². The van der Waals surface area contributed by atoms with E-state index in [9.17, 15) is 9.59 Å². The number of aryl methyl sites for hydroxylation is 2. The highest BCUT2D eigenvalue weighted by molar-refractivity contribution is 5.98. The second kappa shape index (κ2) is 6.35. The molecule has 0 saturated heterocycles. The minimum Gasteiger partial charge on any atom is -0.485 e. The smallest absolute Gasteiger partial charge is 0.200 e. The summed E-state index contributed by atoms with van der Waals surface area (Å²) in [6.07, 6.45) is 0. The van der Waals surface area contributed by atoms with Gasteiger partial charge in [0.1, 0.15) is 5.75 Å². The van der Waals surface area contributed by atoms with E-state index in [0.717, 1.165) is 11.1 Å². The predicted octanol–water partition coefficient (Wildman–Crippen LogP) is 3.77. The first-order valence-electron chi connectivity index (χ1n) is 6.81. The van der Waals surface area contributed by atoms with Crippen molar-refractivity contribution in [3.8, 4) is 5.75 Å². The molecule has 0 unspecified atom stereocenters. The Labute approximate surface area is 124 Å². The van der Waals surface area contributed by atoms with Gasteiger partial charge in [-0.15, -0.1) is 0 Å². The molecular formula is C18H18O3. The van der Waals surface area contributed by atoms with Crippen molar-refractivity contribution < 1.29 is 14.3 Å². The maximum Gasteiger partial charge on any atom is 0.200 e. The molecule has 0 amide bonds. The number of carbonyl (C=O) groups excluding carboxylic acids is 2. The molecule has 0 radical (unpaired) electrons. The van der Waals surface area contributed by atoms with E-state index in [-0.39, 0.29) is 18.2 Å². The molecular weight excluding hydrogens is 264 g/mol. The van der Waals surface area contributed by atoms with Crippen molar-refractivity contribution in [3.63, 3.8) is 0 Å². The van der Waals surface area contributed by atoms with Gasteiger partial charge in [0.15, 0.2) is 18.2 Å². The standard InChI is InChI=1S/C18H18O3/c1-12-4-5-13(2)17(10-12)18(20)11-21-16-8-6-15(7-9-16)14(3)19/h4-10H,11H2,1-3H3. The monoisotopic (exact) mass is 282 g/mol. The zero-order valence-electron chi connectivity index (χ0n) is 12.5. The lowest BCUT2D eigenvalue weighted by atomic mass is 10.0. The number of ketones is 2. The fraction of sp³-hybridized carbons (Fsp3) is 0.222. The van der Waals surface area contributed by atoms with Gasteiger partial charge >= 0.3 is 0 Å². The number of carbonyl (C=O) groups is 2. The Kier molecular flexibility index (Phi) is 4.53. The van der Waals surface area contributed by atoms with E-state index >= 15 is 0 Å². The third kappa shape index (κ3) is 3.78. The quantitative estimate of drug-likeness (QED) is 0.784. The van der Waals surface area contributed by atoms with Crippen LogP contribution in [-0.4, -0.2) is 18.2 Å². The SMILES string of the molecule is CC(=O)c1ccc(OCC(=O)c2cc(C)ccc2C)cc1. The van der Waals surface area contributed by atoms with E-state index in [1.807, 2.05) is 32.0 Å². The average molecular weight is 282 g/mol. The molecule has 0 heterocycles. The maximum atomic E-state index is 12.2. The highest BCUT2D eigenvalue weighted by Gasteiger charge is 2.10. The van der Waals surface area contributed by atoms with Crippen LogP contribution in [0.3, 0.4) is 0 Å². The fourth-order valence-corrected chi connectivity index (χ4v) is 2.05. The zero-order valence-corrected chi connectivity index (χ0v) is 12.5. The highest BCUT2D eigenvalue weighted by atomic mass is 16.5. The number of ether oxygens (including phenoxy) is 1. The van der Waals surface area contributed by atoms with Gasteiger partial charge in [-0.05, 0) is 56.7 Å². The van der Waals surface area contributed by atoms with Crippen LogP contribution < -0.4 is 4.74 Å². The first kappa shape index (κ1) is 15.0. The minimum atomic E-state index is -0.0492. The van der Waals surface area contributed by atoms with E-state index in [0.29, 0.717) is 16.9 Å². The van der Waals surface area contributed by atoms with Crippen molar-refractivity contribution in [1.82, 2.24) is 0 Å². The highest BCUT2D eigenvalue weighted by Crippen LogP contribution is 2.15. The molecule has 0 N–H and O–H groups in total. The van der Waals surface area contributed by atoms with E-state index < -0.39 is 0 Å². The molecule has 108 valence electrons. The molecule has 0 aliphatic rings. The molecule has 0 aliphatic heterocycles. The van der Waals surface area contributed by atoms with Gasteiger partial charge in [0.05, 0.1) is 0 Å². The summed E-state index contributed by atoms with van der Waals surface area (Å²) in [7, 11) is 0. The molecule has 0 spiro atoms. The van der Waals surface area contributed by atoms with Crippen LogP contribution in [0.4, 0.5) is 0 Å². The number of hydrogen-bond acceptors (Lipinski definition) is 3. The number of hydrogen-bond donors (Lipinski definition) is 0. The van der Waals surface area contributed by atoms with E-state index in [1.165, 1.54) is 6.92 Å². The van der Waals surface area contributed by atoms with Crippen molar-refractivity contribution in [1.29, 1.82) is 0 Å². The van der Waals surface area contributed by atoms with Gasteiger partial charge in [-0.25, -0.2) is 0 Å². The summed E-state index contributed by atoms with van der Waals surface area (Å²) >= 11 is 0. The van der Waals surface area contributed by atoms with Crippen LogP contribution in [0.5, 0.6) is 5.75 Å². The topological polar surface area (TPSA) is 43.4 Å². The Bertz CT molecular complexity index is 669. The molecule has 21 heavy (non-hydrogen) atoms. The summed E-state index contributed by atoms with van der Waals surface area (Å²) in [5.74, 6) is 0.540. The Morgan fingerprint density at radius 2 is 1.67 bits per heavy atom. The predicted molar refractivity (Wildman–Crippen MR) is 82.2 cm³/mol. The van der Waals surface area contributed by atoms with Crippen LogP contribution in [0.1, 0.15) is 38.8 Å². The molecule has 3 nitrogen and oxygen atoms in total. The van der Waals surface area contributed by atoms with E-state index in [4.69, 9.17) is 4.74 Å². The lowest BCUT2D eigenvalue weighted by Crippen LogP contribution is -2.13. The Morgan fingerprint density at radius 3 is 2.29 bits per heavy atom. The third-order valence-electron chi connectivity index (χ3n) is 3.32. The summed E-state index contributed by atoms with van der Waals surface area (Å²) in [5, 5.41) is 0. The first-order valence-corrected chi connectivity index (χ1v) is 6.81. The molecule has 0 bridgehead atoms. The van der Waals surface area contributed by atoms with Crippen LogP contribution in [0.2, 0.25) is 0 Å². The van der Waals surface area contributed by atoms with Crippen molar-refractivity contribution in [2.24, 2.45) is 0 Å². The van der Waals surface area contributed by atoms with Gasteiger partial charge in [-0.1, -0.05) is 17.7 Å². The largest absolute Gasteiger partial charge is 0.485 e. The third-order valence-corrected chi connectivity index (χ3v) is 3.32. The lowest BCUT2D eigenvalue weighted by Gasteiger charge is -2.08. The molecule has 0 aliphatic carbocycles. The van der Waals surface area contributed by atoms with Gasteiger partial charge in [-0.2, -0.15) is 0 Å². The molecule has 0 aromatic heterocycles. The molecule has 0 atom stereocenters. The summed E-state index contributed by atoms with van der Waals surface area (Å²) in [6.45, 7) is 5.37. The summed E-state index contributed by atoms with van der Waals surface area (Å²) < 4.78 is 5.49. The van der Waals surface area contributed by atoms with Crippen LogP contribution >= 0.6 is 0 Å². The maximum absolute atomic E-state index is 12.2. The van der Waals surface area contributed by atoms with E-state index in [2.05, 4.69) is 0 Å². The molecule has 2 rings (SSSR count). The fourth-order valence-electron chi connectivity index (χ4n) is 2.05. The van der Waals surface area contributed by atoms with Crippen LogP contribution in [-0.2, 0) is 0 Å². The second-order valence-electron chi connectivity index (χ2n) is 5.11. The Balaban J connectivity index is 2.04. The average Bonchev–Trinajstić information content (AvgIpc) is 2.47. The normalized spacial score (nSPS) is 10.2. The number of Topliss-reactive ketones (excluding diaryl/α,β-unsaturated/α-hetero) is 2. The summed E-state index contributed by atoms with van der Waals surface area (Å²) in [4.78, 5) is 23.4. The summed E-state index contributed by atoms with van der Waals surface area (Å²) in [6, 6.07) is 12.6. The molecule has 2 aromatic rings. The van der Waals surface area contributed by atoms with Gasteiger partial charge in [0.25, 0.3) is 0 Å². The van der Waals surface area contributed by atoms with Gasteiger partial charge in [-0.3, -0.25) is 9.59 Å². The van der Waals surface area contributed by atoms with E-state index in [1.54, 1.807) is 24.3 Å². The van der Waals surface area contributed by atoms with Crippen LogP contribution in [0.15, 0.2) is 42.5 Å². The second-order valence-corrected chi connectivity index (χ2v) is 5.11. The van der Waals surface area contributed by atoms with Crippen molar-refractivity contribution in [2.75, 3.05) is 6.61 Å². The summed E-state index contributed by atoms with van der Waals surface area (Å²) in [5.41, 5.74) is 3.31. The minimum absolute atomic E-state index is 0.00742. The van der Waals surface area contributed by atoms with Gasteiger partial charge in [0, 0.05) is 11.1 Å². The van der Waals surface area contributed by atoms with Gasteiger partial charge in [0.2, 0.25) is 0 Å². The van der Waals surface area contributed by atoms with Crippen LogP contribution in [0.25, 0.3) is 0 Å². The number of benzene rings is 2.